The van der Waals surface area contributed by atoms with Crippen LogP contribution in [0.1, 0.15) is 45.2 Å². The third-order valence-corrected chi connectivity index (χ3v) is 12.4. The van der Waals surface area contributed by atoms with Crippen molar-refractivity contribution in [2.75, 3.05) is 36.4 Å². The third-order valence-electron chi connectivity index (χ3n) is 9.91. The maximum atomic E-state index is 14.8. The fourth-order valence-electron chi connectivity index (χ4n) is 7.48. The Morgan fingerprint density at radius 3 is 1.88 bits per heavy atom. The molecule has 4 aromatic rings. The summed E-state index contributed by atoms with van der Waals surface area (Å²) in [6.45, 7) is 5.65. The molecule has 1 saturated heterocycles. The van der Waals surface area contributed by atoms with Crippen LogP contribution in [0.25, 0.3) is 0 Å². The number of hydrogen-bond acceptors (Lipinski definition) is 8. The number of carbonyl (C=O) groups is 3. The van der Waals surface area contributed by atoms with Crippen molar-refractivity contribution in [3.05, 3.63) is 113 Å². The molecule has 11 nitrogen and oxygen atoms in total. The number of benzene rings is 4. The van der Waals surface area contributed by atoms with Crippen LogP contribution in [0.5, 0.6) is 11.5 Å². The van der Waals surface area contributed by atoms with Gasteiger partial charge < -0.3 is 39.6 Å². The molecule has 2 heterocycles. The van der Waals surface area contributed by atoms with Gasteiger partial charge in [-0.1, -0.05) is 19.1 Å². The SMILES string of the molecule is COc1ccc(C(=O)Nc2ccc(CN3C(=O)[C@@]4(O[C@@H](CCO)[C@H]([Si](C)(C)O)[C@H]4C)c4cc(NC(=O)c5ccc(OC)cc5)ccc43)cc2)cc1. The van der Waals surface area contributed by atoms with E-state index in [0.29, 0.717) is 45.3 Å². The molecule has 2 aliphatic rings. The molecule has 1 spiro atoms. The van der Waals surface area contributed by atoms with Gasteiger partial charge in [-0.15, -0.1) is 0 Å². The standard InChI is InChI=1S/C39H43N3O8Si/c1-24-35(51(4,5)47)34(20-21-43)50-39(24)32-22-29(41-37(45)27-10-17-31(49-3)18-11-27)14-19-33(32)42(38(39)46)23-25-6-12-28(13-7-25)40-36(44)26-8-15-30(48-2)16-9-26/h6-19,22,24,34-35,43,47H,20-21,23H2,1-5H3,(H,40,44)(H,41,45)/t24-,34+,35-,39+/m1/s1. The molecule has 1 fully saturated rings. The number of nitrogens with zero attached hydrogens (tertiary/aromatic N) is 1. The van der Waals surface area contributed by atoms with Crippen molar-refractivity contribution >= 4 is 43.1 Å². The molecule has 3 amide bonds. The van der Waals surface area contributed by atoms with Gasteiger partial charge in [0.05, 0.1) is 32.6 Å². The first-order valence-electron chi connectivity index (χ1n) is 16.9. The molecule has 0 aliphatic carbocycles. The first-order valence-corrected chi connectivity index (χ1v) is 19.9. The number of aliphatic hydroxyl groups is 1. The van der Waals surface area contributed by atoms with Crippen LogP contribution in [0.15, 0.2) is 91.0 Å². The predicted molar refractivity (Wildman–Crippen MR) is 197 cm³/mol. The maximum absolute atomic E-state index is 14.8. The van der Waals surface area contributed by atoms with Crippen molar-refractivity contribution in [1.29, 1.82) is 0 Å². The highest BCUT2D eigenvalue weighted by atomic mass is 28.4. The summed E-state index contributed by atoms with van der Waals surface area (Å²) in [5.74, 6) is -0.00583. The molecule has 4 N–H and O–H groups in total. The average Bonchev–Trinajstić information content (AvgIpc) is 3.55. The molecule has 266 valence electrons. The lowest BCUT2D eigenvalue weighted by atomic mass is 9.82. The quantitative estimate of drug-likeness (QED) is 0.140. The fraction of sp³-hybridized carbons (Fsp3) is 0.308. The van der Waals surface area contributed by atoms with E-state index in [9.17, 15) is 24.3 Å². The van der Waals surface area contributed by atoms with Crippen molar-refractivity contribution in [3.8, 4) is 11.5 Å². The first-order chi connectivity index (χ1) is 24.4. The van der Waals surface area contributed by atoms with Gasteiger partial charge in [-0.05, 0) is 104 Å². The molecule has 6 rings (SSSR count). The van der Waals surface area contributed by atoms with Crippen LogP contribution in [0.3, 0.4) is 0 Å². The number of carbonyl (C=O) groups excluding carboxylic acids is 3. The minimum Gasteiger partial charge on any atom is -0.497 e. The first kappa shape index (κ1) is 35.8. The van der Waals surface area contributed by atoms with Crippen molar-refractivity contribution in [3.63, 3.8) is 0 Å². The van der Waals surface area contributed by atoms with E-state index < -0.39 is 25.9 Å². The van der Waals surface area contributed by atoms with Crippen molar-refractivity contribution in [1.82, 2.24) is 0 Å². The highest BCUT2D eigenvalue weighted by Crippen LogP contribution is 2.60. The fourth-order valence-corrected chi connectivity index (χ4v) is 10.1. The van der Waals surface area contributed by atoms with E-state index in [1.165, 1.54) is 0 Å². The second kappa shape index (κ2) is 14.3. The van der Waals surface area contributed by atoms with Crippen LogP contribution in [-0.2, 0) is 21.7 Å². The van der Waals surface area contributed by atoms with E-state index in [4.69, 9.17) is 14.2 Å². The smallest absolute Gasteiger partial charge is 0.264 e. The van der Waals surface area contributed by atoms with Gasteiger partial charge in [-0.2, -0.15) is 0 Å². The summed E-state index contributed by atoms with van der Waals surface area (Å²) < 4.78 is 17.1. The molecular formula is C39H43N3O8Si. The largest absolute Gasteiger partial charge is 0.497 e. The topological polar surface area (TPSA) is 147 Å². The summed E-state index contributed by atoms with van der Waals surface area (Å²) in [5.41, 5.74) is 2.27. The maximum Gasteiger partial charge on any atom is 0.264 e. The second-order valence-corrected chi connectivity index (χ2v) is 17.5. The third kappa shape index (κ3) is 6.87. The van der Waals surface area contributed by atoms with Gasteiger partial charge in [0.25, 0.3) is 17.7 Å². The van der Waals surface area contributed by atoms with E-state index in [1.54, 1.807) is 98.0 Å². The molecule has 0 unspecified atom stereocenters. The zero-order valence-electron chi connectivity index (χ0n) is 29.3. The molecule has 51 heavy (non-hydrogen) atoms. The van der Waals surface area contributed by atoms with Crippen LogP contribution >= 0.6 is 0 Å². The number of ether oxygens (including phenoxy) is 3. The zero-order valence-corrected chi connectivity index (χ0v) is 30.3. The van der Waals surface area contributed by atoms with Gasteiger partial charge in [0.2, 0.25) is 0 Å². The van der Waals surface area contributed by atoms with Gasteiger partial charge in [-0.25, -0.2) is 0 Å². The number of amides is 3. The van der Waals surface area contributed by atoms with Gasteiger partial charge in [-0.3, -0.25) is 14.4 Å². The highest BCUT2D eigenvalue weighted by Gasteiger charge is 2.66. The Bertz CT molecular complexity index is 1910. The van der Waals surface area contributed by atoms with Crippen LogP contribution < -0.4 is 25.0 Å². The molecule has 2 aliphatic heterocycles. The Morgan fingerprint density at radius 1 is 0.843 bits per heavy atom. The Hall–Kier alpha value is -5.01. The monoisotopic (exact) mass is 709 g/mol. The summed E-state index contributed by atoms with van der Waals surface area (Å²) in [4.78, 5) is 53.9. The van der Waals surface area contributed by atoms with Crippen LogP contribution in [0.4, 0.5) is 17.1 Å². The molecule has 0 aromatic heterocycles. The van der Waals surface area contributed by atoms with E-state index >= 15 is 0 Å². The summed E-state index contributed by atoms with van der Waals surface area (Å²) in [6, 6.07) is 26.2. The molecule has 0 bridgehead atoms. The predicted octanol–water partition coefficient (Wildman–Crippen LogP) is 5.94. The lowest BCUT2D eigenvalue weighted by molar-refractivity contribution is -0.146. The molecular weight excluding hydrogens is 667 g/mol. The number of hydrogen-bond donors (Lipinski definition) is 4. The second-order valence-electron chi connectivity index (χ2n) is 13.6. The van der Waals surface area contributed by atoms with Crippen molar-refractivity contribution in [2.45, 2.75) is 50.2 Å². The summed E-state index contributed by atoms with van der Waals surface area (Å²) in [5, 5.41) is 15.8. The van der Waals surface area contributed by atoms with Gasteiger partial charge in [0.1, 0.15) is 11.5 Å². The van der Waals surface area contributed by atoms with Gasteiger partial charge in [0, 0.05) is 46.1 Å². The Kier molecular flexibility index (Phi) is 10.0. The number of methoxy groups -OCH3 is 2. The minimum absolute atomic E-state index is 0.154. The lowest BCUT2D eigenvalue weighted by Gasteiger charge is -2.32. The average molecular weight is 710 g/mol. The summed E-state index contributed by atoms with van der Waals surface area (Å²) >= 11 is 0. The number of rotatable bonds is 11. The van der Waals surface area contributed by atoms with Gasteiger partial charge in [0.15, 0.2) is 13.9 Å². The number of fused-ring (bicyclic) bond motifs is 2. The van der Waals surface area contributed by atoms with Gasteiger partial charge >= 0.3 is 0 Å². The Labute approximate surface area is 298 Å². The lowest BCUT2D eigenvalue weighted by Crippen LogP contribution is -2.46. The van der Waals surface area contributed by atoms with Crippen molar-refractivity contribution < 1.29 is 38.5 Å². The molecule has 4 aromatic carbocycles. The van der Waals surface area contributed by atoms with Crippen LogP contribution in [0.2, 0.25) is 18.6 Å². The Balaban J connectivity index is 1.30. The minimum atomic E-state index is -2.90. The van der Waals surface area contributed by atoms with Crippen LogP contribution in [0, 0.1) is 5.92 Å². The summed E-state index contributed by atoms with van der Waals surface area (Å²) in [7, 11) is 0.226. The summed E-state index contributed by atoms with van der Waals surface area (Å²) in [6.07, 6.45) is -0.270. The van der Waals surface area contributed by atoms with E-state index in [-0.39, 0.29) is 42.8 Å². The molecule has 12 heteroatoms. The molecule has 4 atom stereocenters. The van der Waals surface area contributed by atoms with E-state index in [0.717, 1.165) is 5.56 Å². The Morgan fingerprint density at radius 2 is 1.37 bits per heavy atom. The van der Waals surface area contributed by atoms with E-state index in [2.05, 4.69) is 10.6 Å². The van der Waals surface area contributed by atoms with Crippen molar-refractivity contribution in [2.24, 2.45) is 5.92 Å². The van der Waals surface area contributed by atoms with E-state index in [1.807, 2.05) is 32.2 Å². The number of anilines is 3. The number of nitrogens with one attached hydrogen (secondary N) is 2. The van der Waals surface area contributed by atoms with Crippen LogP contribution in [-0.4, -0.2) is 62.9 Å². The highest BCUT2D eigenvalue weighted by molar-refractivity contribution is 6.71. The zero-order chi connectivity index (χ0) is 36.5. The number of aliphatic hydroxyl groups excluding tert-OH is 1. The molecule has 0 saturated carbocycles. The molecule has 0 radical (unpaired) electrons. The normalized spacial score (nSPS) is 21.0.